The van der Waals surface area contributed by atoms with E-state index in [1.165, 1.54) is 5.56 Å². The molecule has 0 aliphatic heterocycles. The number of carbonyl (C=O) groups is 2. The smallest absolute Gasteiger partial charge is 0.224 e. The Bertz CT molecular complexity index is 1200. The lowest BCUT2D eigenvalue weighted by molar-refractivity contribution is -0.116. The molecule has 3 aromatic carbocycles. The molecule has 0 atom stereocenters. The zero-order valence-electron chi connectivity index (χ0n) is 17.2. The number of aryl methyl sites for hydroxylation is 1. The fourth-order valence-corrected chi connectivity index (χ4v) is 4.21. The maximum Gasteiger partial charge on any atom is 0.224 e. The van der Waals surface area contributed by atoms with Crippen molar-refractivity contribution < 1.29 is 9.59 Å². The lowest BCUT2D eigenvalue weighted by atomic mass is 10.1. The summed E-state index contributed by atoms with van der Waals surface area (Å²) in [6.07, 6.45) is 0.343. The summed E-state index contributed by atoms with van der Waals surface area (Å²) in [6.45, 7) is 2.08. The molecule has 4 nitrogen and oxygen atoms in total. The van der Waals surface area contributed by atoms with E-state index in [1.54, 1.807) is 23.5 Å². The van der Waals surface area contributed by atoms with Crippen molar-refractivity contribution in [3.63, 3.8) is 0 Å². The molecule has 1 heterocycles. The lowest BCUT2D eigenvalue weighted by Gasteiger charge is -2.06. The van der Waals surface area contributed by atoms with Crippen molar-refractivity contribution in [2.24, 2.45) is 0 Å². The molecule has 4 aromatic rings. The second kappa shape index (κ2) is 9.49. The van der Waals surface area contributed by atoms with Crippen LogP contribution in [0.2, 0.25) is 0 Å². The van der Waals surface area contributed by atoms with Crippen molar-refractivity contribution in [3.05, 3.63) is 95.4 Å². The number of rotatable bonds is 7. The minimum absolute atomic E-state index is 0.0286. The van der Waals surface area contributed by atoms with E-state index in [0.29, 0.717) is 11.3 Å². The molecule has 0 fully saturated rings. The summed E-state index contributed by atoms with van der Waals surface area (Å²) in [7, 11) is 0. The van der Waals surface area contributed by atoms with Gasteiger partial charge in [-0.3, -0.25) is 9.59 Å². The number of carbonyl (C=O) groups excluding carboxylic acids is 2. The maximum absolute atomic E-state index is 12.2. The Morgan fingerprint density at radius 3 is 2.32 bits per heavy atom. The summed E-state index contributed by atoms with van der Waals surface area (Å²) in [5.41, 5.74) is 5.59. The third-order valence-electron chi connectivity index (χ3n) is 5.02. The van der Waals surface area contributed by atoms with Gasteiger partial charge in [-0.15, -0.1) is 11.3 Å². The molecule has 5 heteroatoms. The van der Waals surface area contributed by atoms with Crippen LogP contribution in [0.25, 0.3) is 21.8 Å². The monoisotopic (exact) mass is 426 g/mol. The quantitative estimate of drug-likeness (QED) is 0.349. The predicted octanol–water partition coefficient (Wildman–Crippen LogP) is 6.39. The fraction of sp³-hybridized carbons (Fsp3) is 0.115. The summed E-state index contributed by atoms with van der Waals surface area (Å²) < 4.78 is 0. The number of benzene rings is 3. The second-order valence-corrected chi connectivity index (χ2v) is 8.13. The summed E-state index contributed by atoms with van der Waals surface area (Å²) in [5, 5.41) is 5.90. The van der Waals surface area contributed by atoms with Gasteiger partial charge in [0.05, 0.1) is 5.69 Å². The Labute approximate surface area is 185 Å². The molecular weight excluding hydrogens is 404 g/mol. The van der Waals surface area contributed by atoms with Crippen molar-refractivity contribution in [2.75, 3.05) is 5.32 Å². The number of ketones is 1. The fourth-order valence-electron chi connectivity index (χ4n) is 3.29. The number of amides is 1. The van der Waals surface area contributed by atoms with Crippen molar-refractivity contribution in [1.82, 2.24) is 4.98 Å². The Balaban J connectivity index is 1.36. The van der Waals surface area contributed by atoms with Crippen LogP contribution in [0.15, 0.2) is 84.2 Å². The number of aromatic nitrogens is 1. The van der Waals surface area contributed by atoms with Gasteiger partial charge in [0.1, 0.15) is 5.01 Å². The minimum atomic E-state index is -0.174. The summed E-state index contributed by atoms with van der Waals surface area (Å²) in [5.74, 6) is -0.202. The Morgan fingerprint density at radius 2 is 1.58 bits per heavy atom. The average molecular weight is 427 g/mol. The molecule has 154 valence electrons. The third-order valence-corrected chi connectivity index (χ3v) is 5.89. The summed E-state index contributed by atoms with van der Waals surface area (Å²) in [4.78, 5) is 29.1. The number of anilines is 1. The molecule has 0 spiro atoms. The minimum Gasteiger partial charge on any atom is -0.326 e. The largest absolute Gasteiger partial charge is 0.326 e. The standard InChI is InChI=1S/C26H22N2O2S/c1-18-7-5-6-10-22(18)26-28-23(17-31-26)19-11-13-21(14-12-19)27-25(30)16-15-24(29)20-8-3-2-4-9-20/h2-14,17H,15-16H2,1H3,(H,27,30). The summed E-state index contributed by atoms with van der Waals surface area (Å²) in [6, 6.07) is 24.9. The van der Waals surface area contributed by atoms with E-state index in [9.17, 15) is 9.59 Å². The zero-order valence-corrected chi connectivity index (χ0v) is 18.0. The first-order valence-electron chi connectivity index (χ1n) is 10.1. The van der Waals surface area contributed by atoms with Gasteiger partial charge in [-0.1, -0.05) is 66.7 Å². The number of nitrogens with zero attached hydrogens (tertiary/aromatic N) is 1. The van der Waals surface area contributed by atoms with Crippen molar-refractivity contribution >= 4 is 28.7 Å². The van der Waals surface area contributed by atoms with Crippen molar-refractivity contribution in [1.29, 1.82) is 0 Å². The van der Waals surface area contributed by atoms with E-state index >= 15 is 0 Å². The number of nitrogens with one attached hydrogen (secondary N) is 1. The third kappa shape index (κ3) is 5.13. The van der Waals surface area contributed by atoms with Gasteiger partial charge in [0, 0.05) is 40.6 Å². The van der Waals surface area contributed by atoms with Gasteiger partial charge in [-0.25, -0.2) is 4.98 Å². The maximum atomic E-state index is 12.2. The van der Waals surface area contributed by atoms with Gasteiger partial charge in [0.25, 0.3) is 0 Å². The first kappa shape index (κ1) is 20.7. The van der Waals surface area contributed by atoms with Crippen LogP contribution in [-0.4, -0.2) is 16.7 Å². The molecule has 31 heavy (non-hydrogen) atoms. The van der Waals surface area contributed by atoms with Crippen molar-refractivity contribution in [3.8, 4) is 21.8 Å². The van der Waals surface area contributed by atoms with Gasteiger partial charge in [0.2, 0.25) is 5.91 Å². The molecule has 0 unspecified atom stereocenters. The molecule has 1 N–H and O–H groups in total. The van der Waals surface area contributed by atoms with E-state index in [4.69, 9.17) is 4.98 Å². The van der Waals surface area contributed by atoms with Crippen LogP contribution in [0.5, 0.6) is 0 Å². The Kier molecular flexibility index (Phi) is 6.34. The highest BCUT2D eigenvalue weighted by Crippen LogP contribution is 2.31. The predicted molar refractivity (Wildman–Crippen MR) is 126 cm³/mol. The highest BCUT2D eigenvalue weighted by molar-refractivity contribution is 7.13. The van der Waals surface area contributed by atoms with E-state index in [0.717, 1.165) is 21.8 Å². The van der Waals surface area contributed by atoms with Crippen LogP contribution in [0.4, 0.5) is 5.69 Å². The van der Waals surface area contributed by atoms with Gasteiger partial charge < -0.3 is 5.32 Å². The van der Waals surface area contributed by atoms with Gasteiger partial charge in [0.15, 0.2) is 5.78 Å². The molecular formula is C26H22N2O2S. The SMILES string of the molecule is Cc1ccccc1-c1nc(-c2ccc(NC(=O)CCC(=O)c3ccccc3)cc2)cs1. The Hall–Kier alpha value is -3.57. The molecule has 0 bridgehead atoms. The van der Waals surface area contributed by atoms with E-state index in [2.05, 4.69) is 24.4 Å². The number of Topliss-reactive ketones (excluding diaryl/α,β-unsaturated/α-hetero) is 1. The number of hydrogen-bond acceptors (Lipinski definition) is 4. The second-order valence-electron chi connectivity index (χ2n) is 7.27. The van der Waals surface area contributed by atoms with Crippen LogP contribution >= 0.6 is 11.3 Å². The average Bonchev–Trinajstić information content (AvgIpc) is 3.29. The molecule has 0 saturated carbocycles. The molecule has 0 saturated heterocycles. The molecule has 1 aromatic heterocycles. The van der Waals surface area contributed by atoms with E-state index < -0.39 is 0 Å². The molecule has 0 aliphatic carbocycles. The van der Waals surface area contributed by atoms with Crippen molar-refractivity contribution in [2.45, 2.75) is 19.8 Å². The molecule has 1 amide bonds. The Morgan fingerprint density at radius 1 is 0.871 bits per heavy atom. The topological polar surface area (TPSA) is 59.1 Å². The van der Waals surface area contributed by atoms with E-state index in [1.807, 2.05) is 60.0 Å². The number of thiazole rings is 1. The lowest BCUT2D eigenvalue weighted by Crippen LogP contribution is -2.13. The first-order valence-corrected chi connectivity index (χ1v) is 11.0. The van der Waals surface area contributed by atoms with Crippen LogP contribution in [0.3, 0.4) is 0 Å². The van der Waals surface area contributed by atoms with Gasteiger partial charge in [-0.05, 0) is 24.6 Å². The molecule has 4 rings (SSSR count). The summed E-state index contributed by atoms with van der Waals surface area (Å²) >= 11 is 1.62. The highest BCUT2D eigenvalue weighted by atomic mass is 32.1. The number of hydrogen-bond donors (Lipinski definition) is 1. The molecule has 0 aliphatic rings. The van der Waals surface area contributed by atoms with Gasteiger partial charge >= 0.3 is 0 Å². The molecule has 0 radical (unpaired) electrons. The van der Waals surface area contributed by atoms with Crippen LogP contribution < -0.4 is 5.32 Å². The zero-order chi connectivity index (χ0) is 21.6. The highest BCUT2D eigenvalue weighted by Gasteiger charge is 2.11. The first-order chi connectivity index (χ1) is 15.1. The van der Waals surface area contributed by atoms with Gasteiger partial charge in [-0.2, -0.15) is 0 Å². The van der Waals surface area contributed by atoms with Crippen LogP contribution in [-0.2, 0) is 4.79 Å². The van der Waals surface area contributed by atoms with Crippen LogP contribution in [0, 0.1) is 6.92 Å². The van der Waals surface area contributed by atoms with Crippen LogP contribution in [0.1, 0.15) is 28.8 Å². The van der Waals surface area contributed by atoms with E-state index in [-0.39, 0.29) is 24.5 Å². The normalized spacial score (nSPS) is 10.6.